The van der Waals surface area contributed by atoms with Crippen molar-refractivity contribution in [2.24, 2.45) is 0 Å². The molecule has 0 aliphatic carbocycles. The topological polar surface area (TPSA) is 106 Å². The van der Waals surface area contributed by atoms with Crippen molar-refractivity contribution in [2.45, 2.75) is 12.6 Å². The highest BCUT2D eigenvalue weighted by Crippen LogP contribution is 2.33. The number of aliphatic hydroxyl groups excluding tert-OH is 2. The third-order valence-electron chi connectivity index (χ3n) is 4.07. The minimum Gasteiger partial charge on any atom is -0.508 e. The van der Waals surface area contributed by atoms with E-state index in [0.29, 0.717) is 24.4 Å². The van der Waals surface area contributed by atoms with Crippen LogP contribution in [0.5, 0.6) is 0 Å². The van der Waals surface area contributed by atoms with Crippen molar-refractivity contribution in [2.75, 3.05) is 37.8 Å². The molecule has 1 atom stereocenters. The standard InChI is InChI=1S/C14H17N5O4/c20-6-10-9(21)5-11(23-10)19-8-17-12-13(15-7-16-14(12)19)18-1-3-22-4-2-18/h7-8,11,20-21H,1-6H2. The number of aromatic nitrogens is 4. The van der Waals surface area contributed by atoms with Crippen LogP contribution in [-0.4, -0.2) is 62.6 Å². The molecule has 122 valence electrons. The second kappa shape index (κ2) is 5.67. The lowest BCUT2D eigenvalue weighted by molar-refractivity contribution is 0.0656. The van der Waals surface area contributed by atoms with Gasteiger partial charge in [-0.2, -0.15) is 0 Å². The van der Waals surface area contributed by atoms with E-state index < -0.39 is 6.23 Å². The average Bonchev–Trinajstić information content (AvgIpc) is 3.18. The molecular weight excluding hydrogens is 302 g/mol. The van der Waals surface area contributed by atoms with Crippen LogP contribution in [0.15, 0.2) is 24.2 Å². The van der Waals surface area contributed by atoms with Gasteiger partial charge in [-0.15, -0.1) is 0 Å². The summed E-state index contributed by atoms with van der Waals surface area (Å²) in [6, 6.07) is 0. The Kier molecular flexibility index (Phi) is 3.50. The van der Waals surface area contributed by atoms with Gasteiger partial charge in [0.1, 0.15) is 25.0 Å². The minimum atomic E-state index is -0.463. The molecule has 2 aliphatic rings. The first-order valence-electron chi connectivity index (χ1n) is 7.46. The second-order valence-corrected chi connectivity index (χ2v) is 5.43. The smallest absolute Gasteiger partial charge is 0.185 e. The van der Waals surface area contributed by atoms with Crippen molar-refractivity contribution in [1.29, 1.82) is 0 Å². The predicted octanol–water partition coefficient (Wildman–Crippen LogP) is 0.344. The van der Waals surface area contributed by atoms with Crippen LogP contribution in [0.3, 0.4) is 0 Å². The third kappa shape index (κ3) is 2.37. The van der Waals surface area contributed by atoms with Crippen LogP contribution in [-0.2, 0) is 9.47 Å². The van der Waals surface area contributed by atoms with Crippen molar-refractivity contribution in [3.63, 3.8) is 0 Å². The lowest BCUT2D eigenvalue weighted by Gasteiger charge is -2.27. The molecule has 2 aromatic heterocycles. The van der Waals surface area contributed by atoms with Crippen LogP contribution in [0.25, 0.3) is 11.2 Å². The molecule has 9 heteroatoms. The van der Waals surface area contributed by atoms with Crippen LogP contribution in [0.2, 0.25) is 0 Å². The summed E-state index contributed by atoms with van der Waals surface area (Å²) in [5.41, 5.74) is 1.33. The Balaban J connectivity index is 1.68. The summed E-state index contributed by atoms with van der Waals surface area (Å²) in [5.74, 6) is 1.02. The van der Waals surface area contributed by atoms with Crippen molar-refractivity contribution < 1.29 is 19.7 Å². The van der Waals surface area contributed by atoms with Gasteiger partial charge in [-0.1, -0.05) is 0 Å². The largest absolute Gasteiger partial charge is 0.508 e. The highest BCUT2D eigenvalue weighted by atomic mass is 16.5. The molecule has 1 unspecified atom stereocenters. The Morgan fingerprint density at radius 3 is 2.78 bits per heavy atom. The zero-order chi connectivity index (χ0) is 15.8. The molecule has 2 aliphatic heterocycles. The number of hydrogen-bond donors (Lipinski definition) is 2. The second-order valence-electron chi connectivity index (χ2n) is 5.43. The first-order chi connectivity index (χ1) is 11.3. The van der Waals surface area contributed by atoms with E-state index in [2.05, 4.69) is 19.9 Å². The molecule has 0 spiro atoms. The molecule has 2 aromatic rings. The molecule has 4 rings (SSSR count). The quantitative estimate of drug-likeness (QED) is 0.834. The number of fused-ring (bicyclic) bond motifs is 1. The highest BCUT2D eigenvalue weighted by Gasteiger charge is 2.29. The average molecular weight is 319 g/mol. The van der Waals surface area contributed by atoms with Gasteiger partial charge in [-0.3, -0.25) is 4.57 Å². The molecule has 0 amide bonds. The SMILES string of the molecule is OCC1=C(O)CC(n2cnc3c(N4CCOCC4)ncnc32)O1. The Bertz CT molecular complexity index is 753. The third-order valence-corrected chi connectivity index (χ3v) is 4.07. The molecule has 1 saturated heterocycles. The van der Waals surface area contributed by atoms with E-state index in [9.17, 15) is 5.11 Å². The lowest BCUT2D eigenvalue weighted by Crippen LogP contribution is -2.37. The van der Waals surface area contributed by atoms with Gasteiger partial charge in [-0.25, -0.2) is 15.0 Å². The summed E-state index contributed by atoms with van der Waals surface area (Å²) in [6.07, 6.45) is 2.94. The molecule has 2 N–H and O–H groups in total. The van der Waals surface area contributed by atoms with E-state index >= 15 is 0 Å². The molecule has 9 nitrogen and oxygen atoms in total. The number of aliphatic hydroxyl groups is 2. The number of ether oxygens (including phenoxy) is 2. The summed E-state index contributed by atoms with van der Waals surface area (Å²) in [5, 5.41) is 19.0. The number of imidazole rings is 1. The van der Waals surface area contributed by atoms with Gasteiger partial charge >= 0.3 is 0 Å². The minimum absolute atomic E-state index is 0.0572. The fraction of sp³-hybridized carbons (Fsp3) is 0.500. The van der Waals surface area contributed by atoms with Crippen molar-refractivity contribution in [3.05, 3.63) is 24.2 Å². The van der Waals surface area contributed by atoms with E-state index in [1.807, 2.05) is 0 Å². The molecule has 1 fully saturated rings. The molecule has 23 heavy (non-hydrogen) atoms. The van der Waals surface area contributed by atoms with Crippen LogP contribution in [0, 0.1) is 0 Å². The van der Waals surface area contributed by atoms with Crippen molar-refractivity contribution in [3.8, 4) is 0 Å². The zero-order valence-electron chi connectivity index (χ0n) is 12.4. The van der Waals surface area contributed by atoms with Gasteiger partial charge in [0.2, 0.25) is 0 Å². The van der Waals surface area contributed by atoms with Crippen LogP contribution >= 0.6 is 0 Å². The highest BCUT2D eigenvalue weighted by molar-refractivity contribution is 5.83. The molecule has 0 radical (unpaired) electrons. The molecule has 0 bridgehead atoms. The number of nitrogens with zero attached hydrogens (tertiary/aromatic N) is 5. The van der Waals surface area contributed by atoms with Gasteiger partial charge < -0.3 is 24.6 Å². The maximum absolute atomic E-state index is 9.79. The first kappa shape index (κ1) is 14.2. The maximum Gasteiger partial charge on any atom is 0.185 e. The fourth-order valence-electron chi connectivity index (χ4n) is 2.89. The number of morpholine rings is 1. The normalized spacial score (nSPS) is 22.0. The molecule has 0 saturated carbocycles. The van der Waals surface area contributed by atoms with E-state index in [0.717, 1.165) is 18.9 Å². The molecule has 4 heterocycles. The van der Waals surface area contributed by atoms with Gasteiger partial charge in [-0.05, 0) is 0 Å². The predicted molar refractivity (Wildman–Crippen MR) is 79.8 cm³/mol. The van der Waals surface area contributed by atoms with Crippen LogP contribution < -0.4 is 4.90 Å². The summed E-state index contributed by atoms with van der Waals surface area (Å²) in [4.78, 5) is 15.2. The van der Waals surface area contributed by atoms with Crippen molar-refractivity contribution >= 4 is 17.0 Å². The van der Waals surface area contributed by atoms with Gasteiger partial charge in [0.25, 0.3) is 0 Å². The lowest BCUT2D eigenvalue weighted by atomic mass is 10.3. The Hall–Kier alpha value is -2.39. The summed E-state index contributed by atoms with van der Waals surface area (Å²) < 4.78 is 12.7. The Morgan fingerprint density at radius 2 is 2.04 bits per heavy atom. The maximum atomic E-state index is 9.79. The van der Waals surface area contributed by atoms with E-state index in [1.54, 1.807) is 10.9 Å². The fourth-order valence-corrected chi connectivity index (χ4v) is 2.89. The van der Waals surface area contributed by atoms with Gasteiger partial charge in [0.05, 0.1) is 19.6 Å². The Morgan fingerprint density at radius 1 is 1.22 bits per heavy atom. The molecule has 0 aromatic carbocycles. The number of rotatable bonds is 3. The number of hydrogen-bond acceptors (Lipinski definition) is 8. The van der Waals surface area contributed by atoms with E-state index in [4.69, 9.17) is 14.6 Å². The summed E-state index contributed by atoms with van der Waals surface area (Å²) in [7, 11) is 0. The van der Waals surface area contributed by atoms with Crippen molar-refractivity contribution in [1.82, 2.24) is 19.5 Å². The molecular formula is C14H17N5O4. The van der Waals surface area contributed by atoms with Gasteiger partial charge in [0.15, 0.2) is 29.0 Å². The summed E-state index contributed by atoms with van der Waals surface area (Å²) in [6.45, 7) is 2.51. The van der Waals surface area contributed by atoms with E-state index in [-0.39, 0.29) is 24.5 Å². The van der Waals surface area contributed by atoms with Crippen LogP contribution in [0.4, 0.5) is 5.82 Å². The zero-order valence-corrected chi connectivity index (χ0v) is 12.4. The van der Waals surface area contributed by atoms with E-state index in [1.165, 1.54) is 6.33 Å². The van der Waals surface area contributed by atoms with Crippen LogP contribution in [0.1, 0.15) is 12.6 Å². The van der Waals surface area contributed by atoms with Gasteiger partial charge in [0, 0.05) is 13.1 Å². The first-order valence-corrected chi connectivity index (χ1v) is 7.46. The number of anilines is 1. The summed E-state index contributed by atoms with van der Waals surface area (Å²) >= 11 is 0. The Labute approximate surface area is 131 Å². The monoisotopic (exact) mass is 319 g/mol.